The van der Waals surface area contributed by atoms with Gasteiger partial charge in [-0.2, -0.15) is 13.2 Å². The molecule has 1 aromatic rings. The van der Waals surface area contributed by atoms with E-state index >= 15 is 0 Å². The number of hydrogen-bond acceptors (Lipinski definition) is 5. The van der Waals surface area contributed by atoms with Gasteiger partial charge in [-0.15, -0.1) is 11.8 Å². The van der Waals surface area contributed by atoms with Crippen LogP contribution in [0.25, 0.3) is 0 Å². The fourth-order valence-corrected chi connectivity index (χ4v) is 2.38. The van der Waals surface area contributed by atoms with Crippen LogP contribution in [0.2, 0.25) is 0 Å². The average molecular weight is 322 g/mol. The fourth-order valence-electron chi connectivity index (χ4n) is 1.50. The predicted octanol–water partition coefficient (Wildman–Crippen LogP) is 2.73. The molecule has 1 atom stereocenters. The van der Waals surface area contributed by atoms with Gasteiger partial charge in [0.25, 0.3) is 0 Å². The number of nitrogens with one attached hydrogen (secondary N) is 1. The molecule has 1 aromatic heterocycles. The van der Waals surface area contributed by atoms with Gasteiger partial charge in [0.15, 0.2) is 0 Å². The van der Waals surface area contributed by atoms with Crippen LogP contribution in [0.5, 0.6) is 0 Å². The SMILES string of the molecule is CCNC(CSc1ccc(C(F)(F)F)cn1)C(=O)OCC. The number of likely N-dealkylation sites (N-methyl/N-ethyl adjacent to an activating group) is 1. The van der Waals surface area contributed by atoms with Crippen molar-refractivity contribution in [3.63, 3.8) is 0 Å². The quantitative estimate of drug-likeness (QED) is 0.618. The van der Waals surface area contributed by atoms with Crippen molar-refractivity contribution in [3.05, 3.63) is 23.9 Å². The molecule has 0 radical (unpaired) electrons. The number of carbonyl (C=O) groups is 1. The number of esters is 1. The minimum absolute atomic E-state index is 0.282. The highest BCUT2D eigenvalue weighted by molar-refractivity contribution is 7.99. The number of alkyl halides is 3. The van der Waals surface area contributed by atoms with Crippen LogP contribution < -0.4 is 5.32 Å². The van der Waals surface area contributed by atoms with Gasteiger partial charge in [0, 0.05) is 11.9 Å². The van der Waals surface area contributed by atoms with E-state index in [9.17, 15) is 18.0 Å². The van der Waals surface area contributed by atoms with Crippen molar-refractivity contribution in [1.29, 1.82) is 0 Å². The number of rotatable bonds is 7. The zero-order valence-electron chi connectivity index (χ0n) is 11.7. The highest BCUT2D eigenvalue weighted by atomic mass is 32.2. The van der Waals surface area contributed by atoms with Crippen LogP contribution in [0, 0.1) is 0 Å². The zero-order valence-corrected chi connectivity index (χ0v) is 12.6. The van der Waals surface area contributed by atoms with Crippen LogP contribution in [0.15, 0.2) is 23.4 Å². The Balaban J connectivity index is 2.61. The number of thioether (sulfide) groups is 1. The minimum Gasteiger partial charge on any atom is -0.465 e. The third-order valence-corrected chi connectivity index (χ3v) is 3.52. The number of nitrogens with zero attached hydrogens (tertiary/aromatic N) is 1. The molecule has 21 heavy (non-hydrogen) atoms. The summed E-state index contributed by atoms with van der Waals surface area (Å²) in [5.74, 6) is -0.0378. The first-order valence-corrected chi connectivity index (χ1v) is 7.43. The summed E-state index contributed by atoms with van der Waals surface area (Å²) >= 11 is 1.20. The third-order valence-electron chi connectivity index (χ3n) is 2.48. The molecular weight excluding hydrogens is 305 g/mol. The summed E-state index contributed by atoms with van der Waals surface area (Å²) in [6.07, 6.45) is -3.61. The van der Waals surface area contributed by atoms with E-state index < -0.39 is 17.8 Å². The predicted molar refractivity (Wildman–Crippen MR) is 74.1 cm³/mol. The Morgan fingerprint density at radius 2 is 2.14 bits per heavy atom. The second-order valence-corrected chi connectivity index (χ2v) is 5.10. The molecule has 1 heterocycles. The molecule has 0 amide bonds. The second-order valence-electron chi connectivity index (χ2n) is 4.06. The van der Waals surface area contributed by atoms with Gasteiger partial charge in [-0.25, -0.2) is 4.98 Å². The first-order chi connectivity index (χ1) is 9.88. The maximum absolute atomic E-state index is 12.4. The summed E-state index contributed by atoms with van der Waals surface area (Å²) in [7, 11) is 0. The first-order valence-electron chi connectivity index (χ1n) is 6.44. The minimum atomic E-state index is -4.40. The molecule has 4 nitrogen and oxygen atoms in total. The Morgan fingerprint density at radius 3 is 2.62 bits per heavy atom. The average Bonchev–Trinajstić information content (AvgIpc) is 2.43. The molecule has 0 saturated carbocycles. The standard InChI is InChI=1S/C13H17F3N2O2S/c1-3-17-10(12(19)20-4-2)8-21-11-6-5-9(7-18-11)13(14,15)16/h5-7,10,17H,3-4,8H2,1-2H3. The molecular formula is C13H17F3N2O2S. The fraction of sp³-hybridized carbons (Fsp3) is 0.538. The normalized spacial score (nSPS) is 13.0. The Bertz CT molecular complexity index is 452. The highest BCUT2D eigenvalue weighted by Crippen LogP contribution is 2.29. The van der Waals surface area contributed by atoms with Crippen LogP contribution in [-0.2, 0) is 15.7 Å². The zero-order chi connectivity index (χ0) is 15.9. The van der Waals surface area contributed by atoms with E-state index in [1.54, 1.807) is 6.92 Å². The topological polar surface area (TPSA) is 51.2 Å². The highest BCUT2D eigenvalue weighted by Gasteiger charge is 2.30. The lowest BCUT2D eigenvalue weighted by atomic mass is 10.3. The van der Waals surface area contributed by atoms with Gasteiger partial charge in [-0.05, 0) is 25.6 Å². The van der Waals surface area contributed by atoms with Crippen molar-refractivity contribution in [2.45, 2.75) is 31.1 Å². The molecule has 0 fully saturated rings. The van der Waals surface area contributed by atoms with Crippen molar-refractivity contribution < 1.29 is 22.7 Å². The second kappa shape index (κ2) is 8.23. The summed E-state index contributed by atoms with van der Waals surface area (Å²) in [6.45, 7) is 4.44. The van der Waals surface area contributed by atoms with E-state index in [1.165, 1.54) is 17.8 Å². The summed E-state index contributed by atoms with van der Waals surface area (Å²) in [5, 5.41) is 3.40. The van der Waals surface area contributed by atoms with Gasteiger partial charge in [0.1, 0.15) is 6.04 Å². The Hall–Kier alpha value is -1.28. The van der Waals surface area contributed by atoms with E-state index in [-0.39, 0.29) is 12.6 Å². The van der Waals surface area contributed by atoms with Crippen molar-refractivity contribution >= 4 is 17.7 Å². The number of pyridine rings is 1. The Labute approximate surface area is 125 Å². The number of carbonyl (C=O) groups excluding carboxylic acids is 1. The number of ether oxygens (including phenoxy) is 1. The van der Waals surface area contributed by atoms with Crippen molar-refractivity contribution in [3.8, 4) is 0 Å². The lowest BCUT2D eigenvalue weighted by Gasteiger charge is -2.15. The maximum atomic E-state index is 12.4. The largest absolute Gasteiger partial charge is 0.465 e. The van der Waals surface area contributed by atoms with Gasteiger partial charge in [-0.3, -0.25) is 4.79 Å². The molecule has 118 valence electrons. The summed E-state index contributed by atoms with van der Waals surface area (Å²) in [5.41, 5.74) is -0.791. The van der Waals surface area contributed by atoms with Crippen LogP contribution in [0.4, 0.5) is 13.2 Å². The smallest absolute Gasteiger partial charge is 0.417 e. The van der Waals surface area contributed by atoms with E-state index in [0.717, 1.165) is 12.3 Å². The summed E-state index contributed by atoms with van der Waals surface area (Å²) < 4.78 is 42.1. The van der Waals surface area contributed by atoms with Crippen molar-refractivity contribution in [2.24, 2.45) is 0 Å². The Morgan fingerprint density at radius 1 is 1.43 bits per heavy atom. The van der Waals surface area contributed by atoms with Crippen LogP contribution >= 0.6 is 11.8 Å². The van der Waals surface area contributed by atoms with E-state index in [2.05, 4.69) is 10.3 Å². The molecule has 1 rings (SSSR count). The number of halogens is 3. The lowest BCUT2D eigenvalue weighted by molar-refractivity contribution is -0.145. The molecule has 0 bridgehead atoms. The molecule has 0 saturated heterocycles. The van der Waals surface area contributed by atoms with E-state index in [1.807, 2.05) is 6.92 Å². The van der Waals surface area contributed by atoms with Gasteiger partial charge < -0.3 is 10.1 Å². The van der Waals surface area contributed by atoms with Gasteiger partial charge >= 0.3 is 12.1 Å². The van der Waals surface area contributed by atoms with E-state index in [0.29, 0.717) is 17.3 Å². The van der Waals surface area contributed by atoms with Crippen molar-refractivity contribution in [2.75, 3.05) is 18.9 Å². The molecule has 0 spiro atoms. The molecule has 0 aliphatic rings. The summed E-state index contributed by atoms with van der Waals surface area (Å²) in [6, 6.07) is 1.76. The first kappa shape index (κ1) is 17.8. The van der Waals surface area contributed by atoms with Crippen LogP contribution in [-0.4, -0.2) is 35.9 Å². The summed E-state index contributed by atoms with van der Waals surface area (Å²) in [4.78, 5) is 15.4. The van der Waals surface area contributed by atoms with Gasteiger partial charge in [0.2, 0.25) is 0 Å². The molecule has 0 aliphatic heterocycles. The third kappa shape index (κ3) is 5.92. The molecule has 8 heteroatoms. The van der Waals surface area contributed by atoms with Gasteiger partial charge in [-0.1, -0.05) is 6.92 Å². The Kier molecular flexibility index (Phi) is 6.97. The molecule has 0 aliphatic carbocycles. The van der Waals surface area contributed by atoms with Crippen LogP contribution in [0.3, 0.4) is 0 Å². The van der Waals surface area contributed by atoms with Gasteiger partial charge in [0.05, 0.1) is 17.2 Å². The molecule has 1 N–H and O–H groups in total. The lowest BCUT2D eigenvalue weighted by Crippen LogP contribution is -2.40. The van der Waals surface area contributed by atoms with E-state index in [4.69, 9.17) is 4.74 Å². The monoisotopic (exact) mass is 322 g/mol. The van der Waals surface area contributed by atoms with Crippen LogP contribution in [0.1, 0.15) is 19.4 Å². The molecule has 1 unspecified atom stereocenters. The number of aromatic nitrogens is 1. The maximum Gasteiger partial charge on any atom is 0.417 e. The molecule has 0 aromatic carbocycles. The number of hydrogen-bond donors (Lipinski definition) is 1. The van der Waals surface area contributed by atoms with Crippen molar-refractivity contribution in [1.82, 2.24) is 10.3 Å².